The number of rotatable bonds is 16. The van der Waals surface area contributed by atoms with E-state index in [1.165, 1.54) is 96.3 Å². The number of hydrogen-bond acceptors (Lipinski definition) is 2. The lowest BCUT2D eigenvalue weighted by Crippen LogP contribution is -2.19. The van der Waals surface area contributed by atoms with Crippen molar-refractivity contribution in [3.05, 3.63) is 6.17 Å². The molecule has 0 aromatic heterocycles. The molecule has 0 aliphatic carbocycles. The highest BCUT2D eigenvalue weighted by atomic mass is 35.5. The number of nitrogens with two attached hydrogens (primary N) is 2. The van der Waals surface area contributed by atoms with Gasteiger partial charge in [-0.05, 0) is 6.42 Å². The monoisotopic (exact) mass is 355 g/mol. The van der Waals surface area contributed by atoms with Crippen LogP contribution in [0.25, 0.3) is 0 Å². The molecule has 0 rings (SSSR count). The second-order valence-electron chi connectivity index (χ2n) is 6.27. The summed E-state index contributed by atoms with van der Waals surface area (Å²) in [5.41, 5.74) is 10.9. The van der Waals surface area contributed by atoms with Gasteiger partial charge in [-0.3, -0.25) is 0 Å². The molecule has 0 unspecified atom stereocenters. The quantitative estimate of drug-likeness (QED) is 0.310. The predicted octanol–water partition coefficient (Wildman–Crippen LogP) is 6.50. The lowest BCUT2D eigenvalue weighted by atomic mass is 10.0. The summed E-state index contributed by atoms with van der Waals surface area (Å²) in [6, 6.07) is 0. The van der Waals surface area contributed by atoms with Crippen LogP contribution in [0.1, 0.15) is 110 Å². The Balaban J connectivity index is -0.00000180. The zero-order valence-corrected chi connectivity index (χ0v) is 16.4. The van der Waals surface area contributed by atoms with Crippen LogP contribution in [0.5, 0.6) is 0 Å². The molecule has 0 amide bonds. The van der Waals surface area contributed by atoms with E-state index < -0.39 is 0 Å². The van der Waals surface area contributed by atoms with Crippen LogP contribution in [-0.4, -0.2) is 0 Å². The molecule has 137 valence electrons. The molecule has 0 fully saturated rings. The molecular weight excluding hydrogens is 315 g/mol. The summed E-state index contributed by atoms with van der Waals surface area (Å²) in [7, 11) is 0. The van der Waals surface area contributed by atoms with Crippen LogP contribution < -0.4 is 11.5 Å². The van der Waals surface area contributed by atoms with Gasteiger partial charge in [0.1, 0.15) is 0 Å². The SMILES string of the molecule is CCCCCCCCCCCCCCCCC[C](N)N.Cl.Cl. The molecule has 4 N–H and O–H groups in total. The molecule has 0 aliphatic heterocycles. The van der Waals surface area contributed by atoms with Gasteiger partial charge in [0, 0.05) is 0 Å². The Morgan fingerprint density at radius 1 is 0.500 bits per heavy atom. The summed E-state index contributed by atoms with van der Waals surface area (Å²) in [5.74, 6) is 0. The van der Waals surface area contributed by atoms with E-state index in [4.69, 9.17) is 11.5 Å². The number of halogens is 2. The summed E-state index contributed by atoms with van der Waals surface area (Å²) < 4.78 is 0. The van der Waals surface area contributed by atoms with Gasteiger partial charge in [-0.1, -0.05) is 103 Å². The molecule has 0 spiro atoms. The molecular formula is C18H41Cl2N2. The predicted molar refractivity (Wildman–Crippen MR) is 106 cm³/mol. The normalized spacial score (nSPS) is 10.4. The van der Waals surface area contributed by atoms with Gasteiger partial charge < -0.3 is 11.5 Å². The van der Waals surface area contributed by atoms with E-state index >= 15 is 0 Å². The van der Waals surface area contributed by atoms with Crippen molar-refractivity contribution >= 4 is 24.8 Å². The molecule has 1 radical (unpaired) electrons. The zero-order valence-electron chi connectivity index (χ0n) is 14.8. The van der Waals surface area contributed by atoms with Crippen molar-refractivity contribution in [2.75, 3.05) is 0 Å². The Kier molecular flexibility index (Phi) is 29.5. The second-order valence-corrected chi connectivity index (χ2v) is 6.27. The van der Waals surface area contributed by atoms with Crippen LogP contribution in [0.3, 0.4) is 0 Å². The van der Waals surface area contributed by atoms with Gasteiger partial charge in [0.15, 0.2) is 0 Å². The van der Waals surface area contributed by atoms with Crippen molar-refractivity contribution in [3.8, 4) is 0 Å². The van der Waals surface area contributed by atoms with Crippen molar-refractivity contribution in [3.63, 3.8) is 0 Å². The smallest absolute Gasteiger partial charge is 0.0955 e. The maximum absolute atomic E-state index is 5.44. The number of unbranched alkanes of at least 4 members (excludes halogenated alkanes) is 14. The first kappa shape index (κ1) is 27.4. The average Bonchev–Trinajstić information content (AvgIpc) is 2.43. The first-order chi connectivity index (χ1) is 9.77. The van der Waals surface area contributed by atoms with E-state index in [0.29, 0.717) is 6.17 Å². The van der Waals surface area contributed by atoms with Crippen molar-refractivity contribution < 1.29 is 0 Å². The minimum Gasteiger partial charge on any atom is -0.311 e. The molecule has 0 aromatic rings. The molecule has 0 bridgehead atoms. The van der Waals surface area contributed by atoms with Crippen LogP contribution in [0.4, 0.5) is 0 Å². The van der Waals surface area contributed by atoms with E-state index in [1.54, 1.807) is 0 Å². The molecule has 0 aromatic carbocycles. The van der Waals surface area contributed by atoms with Crippen LogP contribution in [0.15, 0.2) is 0 Å². The van der Waals surface area contributed by atoms with E-state index in [-0.39, 0.29) is 24.8 Å². The second kappa shape index (κ2) is 23.8. The summed E-state index contributed by atoms with van der Waals surface area (Å²) in [6.45, 7) is 2.28. The zero-order chi connectivity index (χ0) is 14.9. The molecule has 0 heterocycles. The first-order valence-electron chi connectivity index (χ1n) is 9.14. The number of hydrogen-bond donors (Lipinski definition) is 2. The highest BCUT2D eigenvalue weighted by Gasteiger charge is 1.96. The maximum atomic E-state index is 5.44. The van der Waals surface area contributed by atoms with Crippen molar-refractivity contribution in [1.82, 2.24) is 0 Å². The van der Waals surface area contributed by atoms with E-state index in [2.05, 4.69) is 6.92 Å². The lowest BCUT2D eigenvalue weighted by molar-refractivity contribution is 0.529. The van der Waals surface area contributed by atoms with E-state index in [9.17, 15) is 0 Å². The Hall–Kier alpha value is 0.500. The maximum Gasteiger partial charge on any atom is 0.0955 e. The third kappa shape index (κ3) is 25.5. The van der Waals surface area contributed by atoms with Gasteiger partial charge in [0.25, 0.3) is 0 Å². The fourth-order valence-electron chi connectivity index (χ4n) is 2.70. The first-order valence-corrected chi connectivity index (χ1v) is 9.14. The van der Waals surface area contributed by atoms with Crippen LogP contribution in [0.2, 0.25) is 0 Å². The third-order valence-corrected chi connectivity index (χ3v) is 4.07. The summed E-state index contributed by atoms with van der Waals surface area (Å²) >= 11 is 0. The fourth-order valence-corrected chi connectivity index (χ4v) is 2.70. The fraction of sp³-hybridized carbons (Fsp3) is 0.944. The molecule has 4 heteroatoms. The Labute approximate surface area is 152 Å². The minimum atomic E-state index is 0. The van der Waals surface area contributed by atoms with E-state index in [1.807, 2.05) is 0 Å². The molecule has 0 atom stereocenters. The molecule has 0 saturated carbocycles. The Morgan fingerprint density at radius 2 is 0.773 bits per heavy atom. The van der Waals surface area contributed by atoms with Crippen molar-refractivity contribution in [2.24, 2.45) is 11.5 Å². The van der Waals surface area contributed by atoms with Crippen LogP contribution in [-0.2, 0) is 0 Å². The average molecular weight is 356 g/mol. The molecule has 0 saturated heterocycles. The lowest BCUT2D eigenvalue weighted by Gasteiger charge is -2.04. The third-order valence-electron chi connectivity index (χ3n) is 4.07. The Morgan fingerprint density at radius 3 is 1.05 bits per heavy atom. The van der Waals surface area contributed by atoms with Crippen molar-refractivity contribution in [2.45, 2.75) is 110 Å². The topological polar surface area (TPSA) is 52.0 Å². The van der Waals surface area contributed by atoms with Gasteiger partial charge >= 0.3 is 0 Å². The summed E-state index contributed by atoms with van der Waals surface area (Å²) in [5, 5.41) is 0. The Bertz CT molecular complexity index is 178. The highest BCUT2D eigenvalue weighted by Crippen LogP contribution is 2.13. The largest absolute Gasteiger partial charge is 0.311 e. The van der Waals surface area contributed by atoms with Gasteiger partial charge in [-0.25, -0.2) is 0 Å². The van der Waals surface area contributed by atoms with Gasteiger partial charge in [0.2, 0.25) is 0 Å². The molecule has 22 heavy (non-hydrogen) atoms. The molecule has 0 aliphatic rings. The van der Waals surface area contributed by atoms with Gasteiger partial charge in [0.05, 0.1) is 6.17 Å². The summed E-state index contributed by atoms with van der Waals surface area (Å²) in [4.78, 5) is 0. The van der Waals surface area contributed by atoms with Gasteiger partial charge in [-0.2, -0.15) is 0 Å². The van der Waals surface area contributed by atoms with Crippen LogP contribution in [0, 0.1) is 6.17 Å². The van der Waals surface area contributed by atoms with Crippen molar-refractivity contribution in [1.29, 1.82) is 0 Å². The van der Waals surface area contributed by atoms with E-state index in [0.717, 1.165) is 6.42 Å². The standard InChI is InChI=1S/C18H39N2.2ClH/c1-2-3-4-5-6-7-8-9-10-11-12-13-14-15-16-17-18(19)20;;/h2-17,19-20H2,1H3;2*1H. The highest BCUT2D eigenvalue weighted by molar-refractivity contribution is 5.85. The minimum absolute atomic E-state index is 0. The van der Waals surface area contributed by atoms with Gasteiger partial charge in [-0.15, -0.1) is 24.8 Å². The summed E-state index contributed by atoms with van der Waals surface area (Å²) in [6.07, 6.45) is 22.5. The molecule has 2 nitrogen and oxygen atoms in total. The van der Waals surface area contributed by atoms with Crippen LogP contribution >= 0.6 is 24.8 Å².